The zero-order valence-electron chi connectivity index (χ0n) is 14.4. The predicted octanol–water partition coefficient (Wildman–Crippen LogP) is 3.47. The van der Waals surface area contributed by atoms with Crippen LogP contribution in [0.2, 0.25) is 0 Å². The number of nitrogens with one attached hydrogen (secondary N) is 1. The Hall–Kier alpha value is -3.20. The van der Waals surface area contributed by atoms with Crippen molar-refractivity contribution in [1.29, 1.82) is 0 Å². The Labute approximate surface area is 162 Å². The van der Waals surface area contributed by atoms with Gasteiger partial charge in [0.15, 0.2) is 0 Å². The Kier molecular flexibility index (Phi) is 4.82. The highest BCUT2D eigenvalue weighted by atomic mass is 32.1. The van der Waals surface area contributed by atoms with E-state index in [-0.39, 0.29) is 30.5 Å². The van der Waals surface area contributed by atoms with Gasteiger partial charge in [0, 0.05) is 30.3 Å². The predicted molar refractivity (Wildman–Crippen MR) is 101 cm³/mol. The first kappa shape index (κ1) is 18.2. The minimum Gasteiger partial charge on any atom is -0.311 e. The third kappa shape index (κ3) is 3.74. The van der Waals surface area contributed by atoms with Gasteiger partial charge in [0.1, 0.15) is 16.6 Å². The highest BCUT2D eigenvalue weighted by Crippen LogP contribution is 2.29. The minimum atomic E-state index is -0.780. The van der Waals surface area contributed by atoms with Crippen molar-refractivity contribution in [3.63, 3.8) is 0 Å². The van der Waals surface area contributed by atoms with Gasteiger partial charge in [-0.3, -0.25) is 9.59 Å². The summed E-state index contributed by atoms with van der Waals surface area (Å²) >= 11 is 1.22. The molecule has 1 aliphatic heterocycles. The summed E-state index contributed by atoms with van der Waals surface area (Å²) in [5, 5.41) is 11.7. The smallest absolute Gasteiger partial charge is 0.231 e. The molecule has 3 aromatic rings. The maximum absolute atomic E-state index is 13.4. The van der Waals surface area contributed by atoms with Gasteiger partial charge < -0.3 is 10.2 Å². The normalized spacial score (nSPS) is 16.4. The van der Waals surface area contributed by atoms with E-state index in [1.165, 1.54) is 16.2 Å². The largest absolute Gasteiger partial charge is 0.311 e. The van der Waals surface area contributed by atoms with Crippen LogP contribution in [0.15, 0.2) is 48.5 Å². The lowest BCUT2D eigenvalue weighted by molar-refractivity contribution is -0.122. The summed E-state index contributed by atoms with van der Waals surface area (Å²) in [5.74, 6) is -2.96. The third-order valence-electron chi connectivity index (χ3n) is 4.33. The van der Waals surface area contributed by atoms with Gasteiger partial charge in [-0.25, -0.2) is 8.78 Å². The summed E-state index contributed by atoms with van der Waals surface area (Å²) in [4.78, 5) is 26.0. The molecular formula is C19H14F2N4O2S. The molecular weight excluding hydrogens is 386 g/mol. The molecule has 1 saturated heterocycles. The van der Waals surface area contributed by atoms with E-state index < -0.39 is 17.6 Å². The maximum atomic E-state index is 13.4. The number of rotatable bonds is 4. The van der Waals surface area contributed by atoms with E-state index >= 15 is 0 Å². The second-order valence-electron chi connectivity index (χ2n) is 6.30. The van der Waals surface area contributed by atoms with Crippen molar-refractivity contribution in [2.75, 3.05) is 16.8 Å². The fourth-order valence-electron chi connectivity index (χ4n) is 3.01. The van der Waals surface area contributed by atoms with Gasteiger partial charge in [-0.1, -0.05) is 41.7 Å². The van der Waals surface area contributed by atoms with E-state index in [0.29, 0.717) is 10.1 Å². The van der Waals surface area contributed by atoms with Crippen LogP contribution in [0.5, 0.6) is 0 Å². The first-order chi connectivity index (χ1) is 13.5. The molecule has 1 aromatic heterocycles. The summed E-state index contributed by atoms with van der Waals surface area (Å²) in [6.07, 6.45) is -0.0473. The molecule has 0 radical (unpaired) electrons. The van der Waals surface area contributed by atoms with Crippen molar-refractivity contribution >= 4 is 34.0 Å². The first-order valence-electron chi connectivity index (χ1n) is 8.46. The molecule has 9 heteroatoms. The van der Waals surface area contributed by atoms with Gasteiger partial charge >= 0.3 is 0 Å². The van der Waals surface area contributed by atoms with Crippen LogP contribution in [0, 0.1) is 17.6 Å². The molecule has 6 nitrogen and oxygen atoms in total. The van der Waals surface area contributed by atoms with Gasteiger partial charge in [-0.2, -0.15) is 0 Å². The van der Waals surface area contributed by atoms with Gasteiger partial charge in [-0.05, 0) is 12.1 Å². The summed E-state index contributed by atoms with van der Waals surface area (Å²) in [6.45, 7) is 0.0396. The lowest BCUT2D eigenvalue weighted by Crippen LogP contribution is -2.28. The Morgan fingerprint density at radius 2 is 1.82 bits per heavy atom. The summed E-state index contributed by atoms with van der Waals surface area (Å²) in [7, 11) is 0. The number of anilines is 2. The van der Waals surface area contributed by atoms with E-state index in [9.17, 15) is 18.4 Å². The molecule has 2 amide bonds. The molecule has 0 aliphatic carbocycles. The average molecular weight is 400 g/mol. The molecule has 0 bridgehead atoms. The van der Waals surface area contributed by atoms with Crippen LogP contribution >= 0.6 is 11.3 Å². The molecule has 1 fully saturated rings. The summed E-state index contributed by atoms with van der Waals surface area (Å²) in [6, 6.07) is 12.3. The number of hydrogen-bond donors (Lipinski definition) is 1. The van der Waals surface area contributed by atoms with Crippen LogP contribution in [0.25, 0.3) is 10.6 Å². The molecule has 1 atom stereocenters. The van der Waals surface area contributed by atoms with E-state index in [0.717, 1.165) is 23.8 Å². The van der Waals surface area contributed by atoms with Crippen LogP contribution in [-0.4, -0.2) is 28.6 Å². The van der Waals surface area contributed by atoms with Crippen molar-refractivity contribution in [2.24, 2.45) is 5.92 Å². The van der Waals surface area contributed by atoms with Gasteiger partial charge in [0.25, 0.3) is 0 Å². The van der Waals surface area contributed by atoms with Crippen LogP contribution in [0.1, 0.15) is 6.42 Å². The Morgan fingerprint density at radius 1 is 1.11 bits per heavy atom. The van der Waals surface area contributed by atoms with Gasteiger partial charge in [0.2, 0.25) is 16.9 Å². The number of carbonyl (C=O) groups excluding carboxylic acids is 2. The second kappa shape index (κ2) is 7.43. The number of benzene rings is 2. The van der Waals surface area contributed by atoms with E-state index in [4.69, 9.17) is 0 Å². The number of carbonyl (C=O) groups is 2. The van der Waals surface area contributed by atoms with Gasteiger partial charge in [0.05, 0.1) is 5.92 Å². The fraction of sp³-hybridized carbons (Fsp3) is 0.158. The highest BCUT2D eigenvalue weighted by Gasteiger charge is 2.35. The van der Waals surface area contributed by atoms with E-state index in [1.54, 1.807) is 0 Å². The number of nitrogens with zero attached hydrogens (tertiary/aromatic N) is 3. The topological polar surface area (TPSA) is 75.2 Å². The van der Waals surface area contributed by atoms with Crippen LogP contribution < -0.4 is 10.2 Å². The number of aromatic nitrogens is 2. The van der Waals surface area contributed by atoms with Crippen LogP contribution in [0.3, 0.4) is 0 Å². The van der Waals surface area contributed by atoms with E-state index in [1.807, 2.05) is 30.3 Å². The fourth-order valence-corrected chi connectivity index (χ4v) is 3.76. The van der Waals surface area contributed by atoms with Crippen molar-refractivity contribution < 1.29 is 18.4 Å². The van der Waals surface area contributed by atoms with Crippen molar-refractivity contribution in [3.8, 4) is 10.6 Å². The van der Waals surface area contributed by atoms with Crippen LogP contribution in [0.4, 0.5) is 19.6 Å². The SMILES string of the molecule is O=C(Nc1nnc(-c2ccccc2)s1)C1CC(=O)N(c2cc(F)cc(F)c2)C1. The molecule has 2 heterocycles. The summed E-state index contributed by atoms with van der Waals surface area (Å²) < 4.78 is 26.8. The number of halogens is 2. The quantitative estimate of drug-likeness (QED) is 0.728. The van der Waals surface area contributed by atoms with E-state index in [2.05, 4.69) is 15.5 Å². The van der Waals surface area contributed by atoms with Crippen molar-refractivity contribution in [3.05, 3.63) is 60.2 Å². The monoisotopic (exact) mass is 400 g/mol. The van der Waals surface area contributed by atoms with Gasteiger partial charge in [-0.15, -0.1) is 10.2 Å². The molecule has 4 rings (SSSR count). The molecule has 1 unspecified atom stereocenters. The highest BCUT2D eigenvalue weighted by molar-refractivity contribution is 7.18. The zero-order chi connectivity index (χ0) is 19.7. The Balaban J connectivity index is 1.45. The lowest BCUT2D eigenvalue weighted by Gasteiger charge is -2.16. The molecule has 2 aromatic carbocycles. The molecule has 28 heavy (non-hydrogen) atoms. The summed E-state index contributed by atoms with van der Waals surface area (Å²) in [5.41, 5.74) is 0.982. The molecule has 0 saturated carbocycles. The molecule has 1 N–H and O–H groups in total. The number of hydrogen-bond acceptors (Lipinski definition) is 5. The van der Waals surface area contributed by atoms with Crippen molar-refractivity contribution in [1.82, 2.24) is 10.2 Å². The Bertz CT molecular complexity index is 1020. The maximum Gasteiger partial charge on any atom is 0.231 e. The lowest BCUT2D eigenvalue weighted by atomic mass is 10.1. The molecule has 1 aliphatic rings. The number of amides is 2. The minimum absolute atomic E-state index is 0.0396. The zero-order valence-corrected chi connectivity index (χ0v) is 15.2. The Morgan fingerprint density at radius 3 is 2.54 bits per heavy atom. The van der Waals surface area contributed by atoms with Crippen LogP contribution in [-0.2, 0) is 9.59 Å². The third-order valence-corrected chi connectivity index (χ3v) is 5.22. The first-order valence-corrected chi connectivity index (χ1v) is 9.27. The standard InChI is InChI=1S/C19H14F2N4O2S/c20-13-7-14(21)9-15(8-13)25-10-12(6-16(25)26)17(27)22-19-24-23-18(28-19)11-4-2-1-3-5-11/h1-5,7-9,12H,6,10H2,(H,22,24,27). The molecule has 142 valence electrons. The second-order valence-corrected chi connectivity index (χ2v) is 7.28. The van der Waals surface area contributed by atoms with Crippen molar-refractivity contribution in [2.45, 2.75) is 6.42 Å². The molecule has 0 spiro atoms. The average Bonchev–Trinajstić information content (AvgIpc) is 3.28.